The molecule has 0 bridgehead atoms. The van der Waals surface area contributed by atoms with Crippen LogP contribution >= 0.6 is 15.9 Å². The third kappa shape index (κ3) is 2.85. The summed E-state index contributed by atoms with van der Waals surface area (Å²) in [7, 11) is 0. The average Bonchev–Trinajstić information content (AvgIpc) is 2.83. The average molecular weight is 282 g/mol. The molecule has 3 nitrogen and oxygen atoms in total. The lowest BCUT2D eigenvalue weighted by atomic mass is 10.2. The lowest BCUT2D eigenvalue weighted by Gasteiger charge is -2.05. The zero-order valence-electron chi connectivity index (χ0n) is 8.73. The van der Waals surface area contributed by atoms with E-state index in [2.05, 4.69) is 21.1 Å². The number of halogens is 1. The first-order valence-electron chi connectivity index (χ1n) is 5.10. The standard InChI is InChI=1S/C12H12BrNO2/c13-6-2-8-15-11-4-1-3-10(9-11)12-5-7-14-16-12/h1,3-5,7,9H,2,6,8H2. The zero-order chi connectivity index (χ0) is 11.2. The highest BCUT2D eigenvalue weighted by molar-refractivity contribution is 9.09. The second-order valence-corrected chi connectivity index (χ2v) is 4.09. The second kappa shape index (κ2) is 5.70. The van der Waals surface area contributed by atoms with E-state index in [1.54, 1.807) is 6.20 Å². The number of aromatic nitrogens is 1. The third-order valence-electron chi connectivity index (χ3n) is 2.10. The monoisotopic (exact) mass is 281 g/mol. The molecule has 0 saturated carbocycles. The summed E-state index contributed by atoms with van der Waals surface area (Å²) in [5, 5.41) is 4.63. The van der Waals surface area contributed by atoms with Crippen LogP contribution in [0.25, 0.3) is 11.3 Å². The van der Waals surface area contributed by atoms with Gasteiger partial charge in [-0.05, 0) is 18.6 Å². The normalized spacial score (nSPS) is 10.3. The van der Waals surface area contributed by atoms with Crippen molar-refractivity contribution in [3.05, 3.63) is 36.5 Å². The molecular formula is C12H12BrNO2. The molecule has 4 heteroatoms. The van der Waals surface area contributed by atoms with E-state index in [1.807, 2.05) is 30.3 Å². The minimum absolute atomic E-state index is 0.713. The Bertz CT molecular complexity index is 428. The van der Waals surface area contributed by atoms with Gasteiger partial charge in [0, 0.05) is 17.0 Å². The largest absolute Gasteiger partial charge is 0.494 e. The molecule has 0 spiro atoms. The molecule has 0 radical (unpaired) electrons. The molecule has 2 rings (SSSR count). The zero-order valence-corrected chi connectivity index (χ0v) is 10.3. The van der Waals surface area contributed by atoms with Gasteiger partial charge in [0.05, 0.1) is 12.8 Å². The van der Waals surface area contributed by atoms with Crippen LogP contribution in [-0.2, 0) is 0 Å². The van der Waals surface area contributed by atoms with Crippen LogP contribution in [0.1, 0.15) is 6.42 Å². The smallest absolute Gasteiger partial charge is 0.166 e. The van der Waals surface area contributed by atoms with E-state index >= 15 is 0 Å². The summed E-state index contributed by atoms with van der Waals surface area (Å²) in [6.45, 7) is 0.713. The SMILES string of the molecule is BrCCCOc1cccc(-c2ccno2)c1. The Hall–Kier alpha value is -1.29. The van der Waals surface area contributed by atoms with Crippen molar-refractivity contribution in [3.63, 3.8) is 0 Å². The molecule has 0 aliphatic rings. The van der Waals surface area contributed by atoms with Gasteiger partial charge in [-0.15, -0.1) is 0 Å². The fourth-order valence-electron chi connectivity index (χ4n) is 1.35. The molecule has 0 saturated heterocycles. The van der Waals surface area contributed by atoms with Crippen molar-refractivity contribution in [3.8, 4) is 17.1 Å². The first-order valence-corrected chi connectivity index (χ1v) is 6.22. The van der Waals surface area contributed by atoms with Crippen molar-refractivity contribution in [1.29, 1.82) is 0 Å². The highest BCUT2D eigenvalue weighted by Gasteiger charge is 2.02. The van der Waals surface area contributed by atoms with Gasteiger partial charge in [0.25, 0.3) is 0 Å². The number of benzene rings is 1. The lowest BCUT2D eigenvalue weighted by molar-refractivity contribution is 0.319. The van der Waals surface area contributed by atoms with Crippen molar-refractivity contribution >= 4 is 15.9 Å². The van der Waals surface area contributed by atoms with E-state index in [4.69, 9.17) is 9.26 Å². The molecule has 0 aliphatic heterocycles. The van der Waals surface area contributed by atoms with Crippen molar-refractivity contribution in [2.75, 3.05) is 11.9 Å². The molecule has 0 aliphatic carbocycles. The van der Waals surface area contributed by atoms with Crippen LogP contribution in [0.2, 0.25) is 0 Å². The van der Waals surface area contributed by atoms with Crippen molar-refractivity contribution in [2.24, 2.45) is 0 Å². The topological polar surface area (TPSA) is 35.3 Å². The number of ether oxygens (including phenoxy) is 1. The van der Waals surface area contributed by atoms with Gasteiger partial charge >= 0.3 is 0 Å². The molecule has 0 atom stereocenters. The molecule has 1 aromatic carbocycles. The molecule has 84 valence electrons. The Labute approximate surface area is 103 Å². The van der Waals surface area contributed by atoms with Gasteiger partial charge in [0.1, 0.15) is 5.75 Å². The first-order chi connectivity index (χ1) is 7.90. The third-order valence-corrected chi connectivity index (χ3v) is 2.66. The van der Waals surface area contributed by atoms with Crippen LogP contribution in [0.4, 0.5) is 0 Å². The molecular weight excluding hydrogens is 270 g/mol. The van der Waals surface area contributed by atoms with E-state index in [1.165, 1.54) is 0 Å². The Morgan fingerprint density at radius 3 is 3.00 bits per heavy atom. The van der Waals surface area contributed by atoms with E-state index in [-0.39, 0.29) is 0 Å². The van der Waals surface area contributed by atoms with E-state index in [0.717, 1.165) is 28.8 Å². The molecule has 16 heavy (non-hydrogen) atoms. The Balaban J connectivity index is 2.08. The summed E-state index contributed by atoms with van der Waals surface area (Å²) in [5.41, 5.74) is 0.980. The number of hydrogen-bond donors (Lipinski definition) is 0. The Kier molecular flexibility index (Phi) is 3.99. The first kappa shape index (κ1) is 11.2. The van der Waals surface area contributed by atoms with E-state index in [0.29, 0.717) is 6.61 Å². The van der Waals surface area contributed by atoms with Gasteiger partial charge in [0.2, 0.25) is 0 Å². The number of rotatable bonds is 5. The van der Waals surface area contributed by atoms with Crippen molar-refractivity contribution in [2.45, 2.75) is 6.42 Å². The minimum Gasteiger partial charge on any atom is -0.494 e. The van der Waals surface area contributed by atoms with Gasteiger partial charge in [-0.25, -0.2) is 0 Å². The number of hydrogen-bond acceptors (Lipinski definition) is 3. The lowest BCUT2D eigenvalue weighted by Crippen LogP contribution is -1.97. The summed E-state index contributed by atoms with van der Waals surface area (Å²) in [4.78, 5) is 0. The van der Waals surface area contributed by atoms with Gasteiger partial charge in [-0.1, -0.05) is 33.2 Å². The predicted molar refractivity (Wildman–Crippen MR) is 65.8 cm³/mol. The van der Waals surface area contributed by atoms with Crippen molar-refractivity contribution < 1.29 is 9.26 Å². The molecule has 1 aromatic heterocycles. The van der Waals surface area contributed by atoms with Crippen LogP contribution in [0.5, 0.6) is 5.75 Å². The predicted octanol–water partition coefficient (Wildman–Crippen LogP) is 3.51. The fraction of sp³-hybridized carbons (Fsp3) is 0.250. The quantitative estimate of drug-likeness (QED) is 0.622. The highest BCUT2D eigenvalue weighted by Crippen LogP contribution is 2.23. The Morgan fingerprint density at radius 1 is 1.31 bits per heavy atom. The fourth-order valence-corrected chi connectivity index (χ4v) is 1.58. The van der Waals surface area contributed by atoms with Gasteiger partial charge in [-0.3, -0.25) is 0 Å². The van der Waals surface area contributed by atoms with Crippen molar-refractivity contribution in [1.82, 2.24) is 5.16 Å². The maximum absolute atomic E-state index is 5.59. The van der Waals surface area contributed by atoms with Gasteiger partial charge < -0.3 is 9.26 Å². The maximum Gasteiger partial charge on any atom is 0.166 e. The van der Waals surface area contributed by atoms with Crippen LogP contribution in [0.15, 0.2) is 41.1 Å². The summed E-state index contributed by atoms with van der Waals surface area (Å²) in [6, 6.07) is 9.64. The van der Waals surface area contributed by atoms with E-state index in [9.17, 15) is 0 Å². The van der Waals surface area contributed by atoms with Gasteiger partial charge in [-0.2, -0.15) is 0 Å². The molecule has 0 fully saturated rings. The molecule has 2 aromatic rings. The highest BCUT2D eigenvalue weighted by atomic mass is 79.9. The summed E-state index contributed by atoms with van der Waals surface area (Å²) < 4.78 is 10.7. The summed E-state index contributed by atoms with van der Waals surface area (Å²) in [5.74, 6) is 1.61. The molecule has 0 amide bonds. The van der Waals surface area contributed by atoms with Crippen LogP contribution in [-0.4, -0.2) is 17.1 Å². The van der Waals surface area contributed by atoms with Crippen LogP contribution < -0.4 is 4.74 Å². The molecule has 0 N–H and O–H groups in total. The maximum atomic E-state index is 5.59. The molecule has 1 heterocycles. The Morgan fingerprint density at radius 2 is 2.25 bits per heavy atom. The minimum atomic E-state index is 0.713. The summed E-state index contributed by atoms with van der Waals surface area (Å²) in [6.07, 6.45) is 2.63. The second-order valence-electron chi connectivity index (χ2n) is 3.30. The number of alkyl halides is 1. The van der Waals surface area contributed by atoms with E-state index < -0.39 is 0 Å². The van der Waals surface area contributed by atoms with Crippen LogP contribution in [0, 0.1) is 0 Å². The van der Waals surface area contributed by atoms with Gasteiger partial charge in [0.15, 0.2) is 5.76 Å². The van der Waals surface area contributed by atoms with Crippen LogP contribution in [0.3, 0.4) is 0 Å². The summed E-state index contributed by atoms with van der Waals surface area (Å²) >= 11 is 3.37. The molecule has 0 unspecified atom stereocenters. The number of nitrogens with zero attached hydrogens (tertiary/aromatic N) is 1.